The molecule has 0 aliphatic heterocycles. The standard InChI is InChI=1S/C17H24N2O2/c1-4-9-18-12-17-14(8-10-21-17)13-19(2)15-6-5-7-16(11-15)20-3/h5-8,10-11,18H,4,9,12-13H2,1-3H3. The van der Waals surface area contributed by atoms with Crippen molar-refractivity contribution in [2.45, 2.75) is 26.4 Å². The number of hydrogen-bond donors (Lipinski definition) is 1. The van der Waals surface area contributed by atoms with Crippen molar-refractivity contribution in [3.63, 3.8) is 0 Å². The number of nitrogens with one attached hydrogen (secondary N) is 1. The van der Waals surface area contributed by atoms with E-state index in [2.05, 4.69) is 30.3 Å². The molecule has 0 bridgehead atoms. The molecule has 0 radical (unpaired) electrons. The fourth-order valence-electron chi connectivity index (χ4n) is 2.24. The van der Waals surface area contributed by atoms with Gasteiger partial charge in [-0.05, 0) is 31.2 Å². The third-order valence-electron chi connectivity index (χ3n) is 3.45. The average molecular weight is 288 g/mol. The summed E-state index contributed by atoms with van der Waals surface area (Å²) in [6.45, 7) is 4.76. The first-order valence-electron chi connectivity index (χ1n) is 7.35. The molecule has 2 aromatic rings. The molecule has 1 N–H and O–H groups in total. The number of anilines is 1. The molecule has 1 heterocycles. The van der Waals surface area contributed by atoms with Crippen molar-refractivity contribution in [3.05, 3.63) is 47.9 Å². The van der Waals surface area contributed by atoms with Crippen LogP contribution in [0.15, 0.2) is 41.0 Å². The highest BCUT2D eigenvalue weighted by Crippen LogP contribution is 2.22. The molecule has 0 saturated heterocycles. The van der Waals surface area contributed by atoms with Gasteiger partial charge in [-0.15, -0.1) is 0 Å². The number of hydrogen-bond acceptors (Lipinski definition) is 4. The van der Waals surface area contributed by atoms with Crippen LogP contribution in [-0.2, 0) is 13.1 Å². The van der Waals surface area contributed by atoms with Gasteiger partial charge in [-0.2, -0.15) is 0 Å². The van der Waals surface area contributed by atoms with E-state index in [0.29, 0.717) is 0 Å². The van der Waals surface area contributed by atoms with Crippen LogP contribution < -0.4 is 15.0 Å². The van der Waals surface area contributed by atoms with E-state index in [1.165, 1.54) is 5.56 Å². The van der Waals surface area contributed by atoms with Crippen molar-refractivity contribution in [2.75, 3.05) is 25.6 Å². The van der Waals surface area contributed by atoms with Crippen LogP contribution in [0.1, 0.15) is 24.7 Å². The Morgan fingerprint density at radius 1 is 1.29 bits per heavy atom. The zero-order valence-corrected chi connectivity index (χ0v) is 13.1. The first-order chi connectivity index (χ1) is 10.2. The second-order valence-electron chi connectivity index (χ2n) is 5.10. The molecule has 21 heavy (non-hydrogen) atoms. The van der Waals surface area contributed by atoms with Gasteiger partial charge in [0.15, 0.2) is 0 Å². The number of benzene rings is 1. The van der Waals surface area contributed by atoms with Gasteiger partial charge < -0.3 is 19.4 Å². The molecule has 0 fully saturated rings. The van der Waals surface area contributed by atoms with E-state index in [0.717, 1.165) is 43.3 Å². The summed E-state index contributed by atoms with van der Waals surface area (Å²) in [7, 11) is 3.76. The Morgan fingerprint density at radius 2 is 2.14 bits per heavy atom. The smallest absolute Gasteiger partial charge is 0.122 e. The summed E-state index contributed by atoms with van der Waals surface area (Å²) >= 11 is 0. The molecule has 1 aromatic carbocycles. The first-order valence-corrected chi connectivity index (χ1v) is 7.35. The monoisotopic (exact) mass is 288 g/mol. The maximum absolute atomic E-state index is 5.58. The SMILES string of the molecule is CCCNCc1occc1CN(C)c1cccc(OC)c1. The van der Waals surface area contributed by atoms with Gasteiger partial charge in [0.25, 0.3) is 0 Å². The van der Waals surface area contributed by atoms with Crippen LogP contribution in [0, 0.1) is 0 Å². The quantitative estimate of drug-likeness (QED) is 0.755. The minimum atomic E-state index is 0.780. The predicted octanol–water partition coefficient (Wildman–Crippen LogP) is 3.42. The molecular formula is C17H24N2O2. The number of nitrogens with zero attached hydrogens (tertiary/aromatic N) is 1. The zero-order valence-electron chi connectivity index (χ0n) is 13.1. The lowest BCUT2D eigenvalue weighted by atomic mass is 10.2. The molecule has 114 valence electrons. The Labute approximate surface area is 126 Å². The van der Waals surface area contributed by atoms with Crippen molar-refractivity contribution in [3.8, 4) is 5.75 Å². The maximum Gasteiger partial charge on any atom is 0.122 e. The van der Waals surface area contributed by atoms with E-state index in [9.17, 15) is 0 Å². The van der Waals surface area contributed by atoms with Crippen LogP contribution >= 0.6 is 0 Å². The fraction of sp³-hybridized carbons (Fsp3) is 0.412. The van der Waals surface area contributed by atoms with Crippen molar-refractivity contribution < 1.29 is 9.15 Å². The Morgan fingerprint density at radius 3 is 2.90 bits per heavy atom. The summed E-state index contributed by atoms with van der Waals surface area (Å²) in [5.41, 5.74) is 2.34. The van der Waals surface area contributed by atoms with Gasteiger partial charge in [0, 0.05) is 30.9 Å². The topological polar surface area (TPSA) is 37.6 Å². The van der Waals surface area contributed by atoms with Crippen molar-refractivity contribution in [1.29, 1.82) is 0 Å². The van der Waals surface area contributed by atoms with Crippen molar-refractivity contribution in [2.24, 2.45) is 0 Å². The molecule has 0 atom stereocenters. The molecule has 4 nitrogen and oxygen atoms in total. The third kappa shape index (κ3) is 4.26. The van der Waals surface area contributed by atoms with Crippen LogP contribution in [0.4, 0.5) is 5.69 Å². The van der Waals surface area contributed by atoms with Gasteiger partial charge in [-0.3, -0.25) is 0 Å². The van der Waals surface area contributed by atoms with Gasteiger partial charge in [0.05, 0.1) is 19.9 Å². The Bertz CT molecular complexity index is 551. The molecule has 0 unspecified atom stereocenters. The lowest BCUT2D eigenvalue weighted by molar-refractivity contribution is 0.415. The number of ether oxygens (including phenoxy) is 1. The average Bonchev–Trinajstić information content (AvgIpc) is 2.95. The summed E-state index contributed by atoms with van der Waals surface area (Å²) in [5.74, 6) is 1.88. The van der Waals surface area contributed by atoms with Gasteiger partial charge >= 0.3 is 0 Å². The summed E-state index contributed by atoms with van der Waals surface area (Å²) in [5, 5.41) is 3.38. The molecule has 2 rings (SSSR count). The molecule has 0 saturated carbocycles. The van der Waals surface area contributed by atoms with Crippen LogP contribution in [0.3, 0.4) is 0 Å². The second kappa shape index (κ2) is 7.74. The van der Waals surface area contributed by atoms with Gasteiger partial charge in [0.2, 0.25) is 0 Å². The summed E-state index contributed by atoms with van der Waals surface area (Å²) in [4.78, 5) is 2.19. The summed E-state index contributed by atoms with van der Waals surface area (Å²) in [6, 6.07) is 10.1. The first kappa shape index (κ1) is 15.4. The zero-order chi connectivity index (χ0) is 15.1. The van der Waals surface area contributed by atoms with Crippen LogP contribution in [0.5, 0.6) is 5.75 Å². The van der Waals surface area contributed by atoms with Gasteiger partial charge in [0.1, 0.15) is 11.5 Å². The number of rotatable bonds is 8. The highest BCUT2D eigenvalue weighted by atomic mass is 16.5. The van der Waals surface area contributed by atoms with E-state index < -0.39 is 0 Å². The van der Waals surface area contributed by atoms with E-state index in [1.54, 1.807) is 13.4 Å². The molecule has 0 aliphatic rings. The Hall–Kier alpha value is -1.94. The maximum atomic E-state index is 5.58. The highest BCUT2D eigenvalue weighted by molar-refractivity contribution is 5.50. The van der Waals surface area contributed by atoms with Crippen molar-refractivity contribution in [1.82, 2.24) is 5.32 Å². The van der Waals surface area contributed by atoms with Crippen LogP contribution in [0.2, 0.25) is 0 Å². The minimum absolute atomic E-state index is 0.780. The highest BCUT2D eigenvalue weighted by Gasteiger charge is 2.10. The lowest BCUT2D eigenvalue weighted by Gasteiger charge is -2.20. The van der Waals surface area contributed by atoms with Crippen molar-refractivity contribution >= 4 is 5.69 Å². The third-order valence-corrected chi connectivity index (χ3v) is 3.45. The number of methoxy groups -OCH3 is 1. The fourth-order valence-corrected chi connectivity index (χ4v) is 2.24. The van der Waals surface area contributed by atoms with E-state index in [4.69, 9.17) is 9.15 Å². The van der Waals surface area contributed by atoms with Gasteiger partial charge in [-0.1, -0.05) is 13.0 Å². The molecule has 1 aromatic heterocycles. The van der Waals surface area contributed by atoms with E-state index in [-0.39, 0.29) is 0 Å². The summed E-state index contributed by atoms with van der Waals surface area (Å²) < 4.78 is 10.9. The Balaban J connectivity index is 2.02. The molecule has 0 amide bonds. The molecule has 0 aliphatic carbocycles. The lowest BCUT2D eigenvalue weighted by Crippen LogP contribution is -2.19. The Kier molecular flexibility index (Phi) is 5.69. The van der Waals surface area contributed by atoms with Crippen LogP contribution in [-0.4, -0.2) is 20.7 Å². The normalized spacial score (nSPS) is 10.6. The molecule has 4 heteroatoms. The van der Waals surface area contributed by atoms with Gasteiger partial charge in [-0.25, -0.2) is 0 Å². The second-order valence-corrected chi connectivity index (χ2v) is 5.10. The number of furan rings is 1. The molecular weight excluding hydrogens is 264 g/mol. The summed E-state index contributed by atoms with van der Waals surface area (Å²) in [6.07, 6.45) is 2.89. The van der Waals surface area contributed by atoms with E-state index >= 15 is 0 Å². The largest absolute Gasteiger partial charge is 0.497 e. The van der Waals surface area contributed by atoms with Crippen LogP contribution in [0.25, 0.3) is 0 Å². The van der Waals surface area contributed by atoms with E-state index in [1.807, 2.05) is 24.3 Å². The minimum Gasteiger partial charge on any atom is -0.497 e. The predicted molar refractivity (Wildman–Crippen MR) is 85.8 cm³/mol. The molecule has 0 spiro atoms.